The number of sulfonamides is 1. The van der Waals surface area contributed by atoms with Crippen molar-refractivity contribution in [3.8, 4) is 0 Å². The van der Waals surface area contributed by atoms with Crippen LogP contribution < -0.4 is 10.0 Å². The molecule has 7 heteroatoms. The fourth-order valence-corrected chi connectivity index (χ4v) is 3.62. The van der Waals surface area contributed by atoms with Crippen LogP contribution in [-0.4, -0.2) is 24.7 Å². The maximum absolute atomic E-state index is 12.7. The number of aryl methyl sites for hydroxylation is 1. The van der Waals surface area contributed by atoms with E-state index in [9.17, 15) is 8.42 Å². The Bertz CT molecular complexity index is 677. The number of nitrogens with two attached hydrogens (primary N) is 1. The van der Waals surface area contributed by atoms with E-state index in [1.807, 2.05) is 6.92 Å². The van der Waals surface area contributed by atoms with Gasteiger partial charge in [-0.2, -0.15) is 13.5 Å². The Hall–Kier alpha value is -2.02. The van der Waals surface area contributed by atoms with E-state index in [4.69, 9.17) is 5.73 Å². The molecule has 0 aliphatic heterocycles. The first-order chi connectivity index (χ1) is 9.46. The van der Waals surface area contributed by atoms with E-state index in [0.717, 1.165) is 0 Å². The van der Waals surface area contributed by atoms with Crippen LogP contribution in [0.25, 0.3) is 0 Å². The quantitative estimate of drug-likeness (QED) is 0.849. The van der Waals surface area contributed by atoms with Crippen molar-refractivity contribution >= 4 is 21.4 Å². The van der Waals surface area contributed by atoms with Crippen molar-refractivity contribution in [2.75, 3.05) is 16.6 Å². The Morgan fingerprint density at radius 2 is 1.90 bits per heavy atom. The lowest BCUT2D eigenvalue weighted by molar-refractivity contribution is 0.571. The maximum atomic E-state index is 12.7. The molecule has 0 spiro atoms. The normalized spacial score (nSPS) is 11.5. The summed E-state index contributed by atoms with van der Waals surface area (Å²) >= 11 is 0. The van der Waals surface area contributed by atoms with E-state index in [1.54, 1.807) is 31.3 Å². The summed E-state index contributed by atoms with van der Waals surface area (Å²) in [6, 6.07) is 8.29. The fourth-order valence-electron chi connectivity index (χ4n) is 1.96. The van der Waals surface area contributed by atoms with Gasteiger partial charge in [-0.25, -0.2) is 0 Å². The SMILES string of the molecule is CCCN(c1ccc(N)cc1)S(=O)(=O)c1ccnn1C. The lowest BCUT2D eigenvalue weighted by Crippen LogP contribution is -2.33. The van der Waals surface area contributed by atoms with Gasteiger partial charge in [-0.3, -0.25) is 8.99 Å². The van der Waals surface area contributed by atoms with Gasteiger partial charge in [0.1, 0.15) is 0 Å². The van der Waals surface area contributed by atoms with Gasteiger partial charge in [0.15, 0.2) is 5.03 Å². The van der Waals surface area contributed by atoms with Crippen LogP contribution in [-0.2, 0) is 17.1 Å². The summed E-state index contributed by atoms with van der Waals surface area (Å²) in [6.45, 7) is 2.33. The van der Waals surface area contributed by atoms with Crippen LogP contribution in [0.1, 0.15) is 13.3 Å². The van der Waals surface area contributed by atoms with Crippen LogP contribution in [0.15, 0.2) is 41.6 Å². The molecule has 2 aromatic rings. The average molecular weight is 294 g/mol. The molecule has 0 unspecified atom stereocenters. The smallest absolute Gasteiger partial charge is 0.281 e. The number of rotatable bonds is 5. The third-order valence-electron chi connectivity index (χ3n) is 2.94. The molecule has 0 radical (unpaired) electrons. The topological polar surface area (TPSA) is 81.2 Å². The van der Waals surface area contributed by atoms with Gasteiger partial charge in [-0.05, 0) is 36.8 Å². The monoisotopic (exact) mass is 294 g/mol. The van der Waals surface area contributed by atoms with Crippen LogP contribution in [0, 0.1) is 0 Å². The van der Waals surface area contributed by atoms with Crippen LogP contribution in [0.4, 0.5) is 11.4 Å². The third-order valence-corrected chi connectivity index (χ3v) is 4.84. The van der Waals surface area contributed by atoms with Crippen molar-refractivity contribution in [3.63, 3.8) is 0 Å². The van der Waals surface area contributed by atoms with E-state index < -0.39 is 10.0 Å². The van der Waals surface area contributed by atoms with Gasteiger partial charge in [-0.1, -0.05) is 6.92 Å². The second-order valence-corrected chi connectivity index (χ2v) is 6.27. The summed E-state index contributed by atoms with van der Waals surface area (Å²) in [6.07, 6.45) is 2.18. The molecule has 0 aliphatic carbocycles. The summed E-state index contributed by atoms with van der Waals surface area (Å²) in [5.74, 6) is 0. The van der Waals surface area contributed by atoms with Crippen LogP contribution in [0.2, 0.25) is 0 Å². The van der Waals surface area contributed by atoms with E-state index in [-0.39, 0.29) is 5.03 Å². The highest BCUT2D eigenvalue weighted by molar-refractivity contribution is 7.92. The van der Waals surface area contributed by atoms with Crippen molar-refractivity contribution in [3.05, 3.63) is 36.5 Å². The molecule has 1 aromatic heterocycles. The fraction of sp³-hybridized carbons (Fsp3) is 0.308. The molecule has 108 valence electrons. The van der Waals surface area contributed by atoms with Gasteiger partial charge >= 0.3 is 0 Å². The highest BCUT2D eigenvalue weighted by Gasteiger charge is 2.26. The van der Waals surface area contributed by atoms with Crippen molar-refractivity contribution < 1.29 is 8.42 Å². The predicted octanol–water partition coefficient (Wildman–Crippen LogP) is 1.61. The number of anilines is 2. The molecule has 0 saturated carbocycles. The standard InChI is InChI=1S/C13H18N4O2S/c1-3-10-17(12-6-4-11(14)5-7-12)20(18,19)13-8-9-15-16(13)2/h4-9H,3,10,14H2,1-2H3. The van der Waals surface area contributed by atoms with Gasteiger partial charge in [0.25, 0.3) is 10.0 Å². The Labute approximate surface area is 118 Å². The Balaban J connectivity index is 2.48. The molecule has 2 rings (SSSR count). The number of aromatic nitrogens is 2. The zero-order valence-corrected chi connectivity index (χ0v) is 12.3. The molecular weight excluding hydrogens is 276 g/mol. The summed E-state index contributed by atoms with van der Waals surface area (Å²) in [5, 5.41) is 4.09. The molecule has 0 fully saturated rings. The van der Waals surface area contributed by atoms with Crippen LogP contribution in [0.5, 0.6) is 0 Å². The Morgan fingerprint density at radius 1 is 1.25 bits per heavy atom. The lowest BCUT2D eigenvalue weighted by atomic mass is 10.3. The van der Waals surface area contributed by atoms with Crippen molar-refractivity contribution in [1.82, 2.24) is 9.78 Å². The predicted molar refractivity (Wildman–Crippen MR) is 78.9 cm³/mol. The molecule has 20 heavy (non-hydrogen) atoms. The molecule has 0 atom stereocenters. The number of hydrogen-bond donors (Lipinski definition) is 1. The van der Waals surface area contributed by atoms with Crippen molar-refractivity contribution in [2.45, 2.75) is 18.4 Å². The van der Waals surface area contributed by atoms with Gasteiger partial charge in [0.05, 0.1) is 11.9 Å². The van der Waals surface area contributed by atoms with Gasteiger partial charge in [-0.15, -0.1) is 0 Å². The minimum absolute atomic E-state index is 0.169. The third kappa shape index (κ3) is 2.62. The highest BCUT2D eigenvalue weighted by atomic mass is 32.2. The van der Waals surface area contributed by atoms with E-state index in [2.05, 4.69) is 5.10 Å². The first-order valence-electron chi connectivity index (χ1n) is 6.33. The highest BCUT2D eigenvalue weighted by Crippen LogP contribution is 2.24. The van der Waals surface area contributed by atoms with E-state index >= 15 is 0 Å². The second-order valence-electron chi connectivity index (χ2n) is 4.46. The number of nitrogen functional groups attached to an aromatic ring is 1. The van der Waals surface area contributed by atoms with E-state index in [1.165, 1.54) is 21.3 Å². The largest absolute Gasteiger partial charge is 0.399 e. The first-order valence-corrected chi connectivity index (χ1v) is 7.77. The first kappa shape index (κ1) is 14.4. The summed E-state index contributed by atoms with van der Waals surface area (Å²) in [5.41, 5.74) is 6.85. The molecule has 0 saturated heterocycles. The maximum Gasteiger partial charge on any atom is 0.281 e. The molecule has 1 heterocycles. The Kier molecular flexibility index (Phi) is 3.99. The van der Waals surface area contributed by atoms with Gasteiger partial charge in [0.2, 0.25) is 0 Å². The van der Waals surface area contributed by atoms with Gasteiger partial charge < -0.3 is 5.73 Å². The Morgan fingerprint density at radius 3 is 2.40 bits per heavy atom. The van der Waals surface area contributed by atoms with Crippen LogP contribution in [0.3, 0.4) is 0 Å². The average Bonchev–Trinajstić information content (AvgIpc) is 2.84. The van der Waals surface area contributed by atoms with Crippen molar-refractivity contribution in [2.24, 2.45) is 7.05 Å². The van der Waals surface area contributed by atoms with Gasteiger partial charge in [0, 0.05) is 19.3 Å². The lowest BCUT2D eigenvalue weighted by Gasteiger charge is -2.23. The molecule has 6 nitrogen and oxygen atoms in total. The zero-order valence-electron chi connectivity index (χ0n) is 11.5. The summed E-state index contributed by atoms with van der Waals surface area (Å²) in [4.78, 5) is 0. The molecular formula is C13H18N4O2S. The van der Waals surface area contributed by atoms with Crippen LogP contribution >= 0.6 is 0 Å². The molecule has 0 aliphatic rings. The van der Waals surface area contributed by atoms with E-state index in [0.29, 0.717) is 24.3 Å². The molecule has 0 amide bonds. The molecule has 2 N–H and O–H groups in total. The molecule has 1 aromatic carbocycles. The number of benzene rings is 1. The molecule has 0 bridgehead atoms. The summed E-state index contributed by atoms with van der Waals surface area (Å²) in [7, 11) is -2.01. The summed E-state index contributed by atoms with van der Waals surface area (Å²) < 4.78 is 28.2. The number of nitrogens with zero attached hydrogens (tertiary/aromatic N) is 3. The number of hydrogen-bond acceptors (Lipinski definition) is 4. The minimum Gasteiger partial charge on any atom is -0.399 e. The second kappa shape index (κ2) is 5.54. The minimum atomic E-state index is -3.62. The zero-order chi connectivity index (χ0) is 14.8. The van der Waals surface area contributed by atoms with Crippen molar-refractivity contribution in [1.29, 1.82) is 0 Å².